The van der Waals surface area contributed by atoms with Crippen LogP contribution >= 0.6 is 11.3 Å². The van der Waals surface area contributed by atoms with E-state index in [0.29, 0.717) is 41.8 Å². The minimum absolute atomic E-state index is 0. The monoisotopic (exact) mass is 383 g/mol. The fourth-order valence-corrected chi connectivity index (χ4v) is 3.02. The van der Waals surface area contributed by atoms with Crippen LogP contribution in [0.25, 0.3) is 22.6 Å². The maximum absolute atomic E-state index is 12.6. The van der Waals surface area contributed by atoms with E-state index < -0.39 is 12.1 Å². The number of unbranched alkanes of at least 4 members (excludes halogenated alkanes) is 2. The number of rotatable bonds is 7. The molecule has 3 aromatic rings. The van der Waals surface area contributed by atoms with Crippen molar-refractivity contribution in [2.24, 2.45) is 0 Å². The third-order valence-corrected chi connectivity index (χ3v) is 4.25. The fraction of sp³-hybridized carbons (Fsp3) is 0.294. The van der Waals surface area contributed by atoms with Crippen molar-refractivity contribution in [1.29, 1.82) is 0 Å². The molecule has 1 aromatic carbocycles. The van der Waals surface area contributed by atoms with Crippen LogP contribution in [0.5, 0.6) is 0 Å². The Bertz CT molecular complexity index is 879. The molecule has 0 radical (unpaired) electrons. The van der Waals surface area contributed by atoms with E-state index >= 15 is 0 Å². The molecular weight excluding hydrogens is 365 g/mol. The topological polar surface area (TPSA) is 94.3 Å². The van der Waals surface area contributed by atoms with Gasteiger partial charge in [0.2, 0.25) is 0 Å². The summed E-state index contributed by atoms with van der Waals surface area (Å²) < 4.78 is 6.78. The van der Waals surface area contributed by atoms with Crippen LogP contribution < -0.4 is 0 Å². The quantitative estimate of drug-likeness (QED) is 0.498. The molecule has 26 heavy (non-hydrogen) atoms. The van der Waals surface area contributed by atoms with Crippen LogP contribution in [0.15, 0.2) is 35.2 Å². The van der Waals surface area contributed by atoms with Crippen molar-refractivity contribution < 1.29 is 19.4 Å². The Hall–Kier alpha value is -1.74. The van der Waals surface area contributed by atoms with Crippen molar-refractivity contribution in [2.45, 2.75) is 25.7 Å². The first kappa shape index (κ1) is 20.6. The van der Waals surface area contributed by atoms with E-state index in [-0.39, 0.29) is 42.6 Å². The predicted octanol–water partition coefficient (Wildman–Crippen LogP) is 3.14. The molecule has 0 saturated carbocycles. The summed E-state index contributed by atoms with van der Waals surface area (Å²) >= 11 is 1.43. The van der Waals surface area contributed by atoms with Gasteiger partial charge >= 0.3 is 41.6 Å². The molecule has 0 amide bonds. The SMILES string of the molecule is O=C(O)CCCCCOC(=O)n1c(-c2cscn2)nc2ccccc21.[NaH]. The summed E-state index contributed by atoms with van der Waals surface area (Å²) in [6.07, 6.45) is 1.52. The number of nitrogens with zero attached hydrogens (tertiary/aromatic N) is 3. The number of benzene rings is 1. The number of para-hydroxylation sites is 2. The second kappa shape index (κ2) is 9.82. The van der Waals surface area contributed by atoms with Crippen LogP contribution in [0.2, 0.25) is 0 Å². The van der Waals surface area contributed by atoms with Gasteiger partial charge in [-0.3, -0.25) is 4.79 Å². The summed E-state index contributed by atoms with van der Waals surface area (Å²) in [4.78, 5) is 31.8. The second-order valence-electron chi connectivity index (χ2n) is 5.45. The molecule has 0 saturated heterocycles. The number of carboxylic acids is 1. The number of aliphatic carboxylic acids is 1. The molecule has 0 aliphatic rings. The van der Waals surface area contributed by atoms with Crippen molar-refractivity contribution in [3.05, 3.63) is 35.2 Å². The number of hydrogen-bond donors (Lipinski definition) is 1. The number of carbonyl (C=O) groups excluding carboxylic acids is 1. The van der Waals surface area contributed by atoms with Gasteiger partial charge < -0.3 is 9.84 Å². The van der Waals surface area contributed by atoms with Crippen molar-refractivity contribution in [1.82, 2.24) is 14.5 Å². The average Bonchev–Trinajstić information content (AvgIpc) is 3.24. The van der Waals surface area contributed by atoms with Crippen molar-refractivity contribution >= 4 is 64.0 Å². The summed E-state index contributed by atoms with van der Waals surface area (Å²) in [6.45, 7) is 0.238. The van der Waals surface area contributed by atoms with Crippen molar-refractivity contribution in [2.75, 3.05) is 6.61 Å². The molecule has 0 aliphatic carbocycles. The van der Waals surface area contributed by atoms with E-state index in [2.05, 4.69) is 9.97 Å². The van der Waals surface area contributed by atoms with E-state index in [1.165, 1.54) is 15.9 Å². The maximum atomic E-state index is 12.6. The second-order valence-corrected chi connectivity index (χ2v) is 6.17. The first-order valence-electron chi connectivity index (χ1n) is 7.92. The van der Waals surface area contributed by atoms with Crippen molar-refractivity contribution in [3.63, 3.8) is 0 Å². The molecule has 0 bridgehead atoms. The first-order chi connectivity index (χ1) is 12.2. The van der Waals surface area contributed by atoms with Gasteiger partial charge in [0.25, 0.3) is 0 Å². The van der Waals surface area contributed by atoms with Gasteiger partial charge in [0.15, 0.2) is 5.82 Å². The van der Waals surface area contributed by atoms with Gasteiger partial charge in [0.05, 0.1) is 23.2 Å². The average molecular weight is 383 g/mol. The minimum atomic E-state index is -0.810. The molecule has 0 unspecified atom stereocenters. The molecule has 0 spiro atoms. The van der Waals surface area contributed by atoms with Gasteiger partial charge in [-0.2, -0.15) is 0 Å². The van der Waals surface area contributed by atoms with Crippen LogP contribution in [-0.4, -0.2) is 67.9 Å². The number of imidazole rings is 1. The van der Waals surface area contributed by atoms with Gasteiger partial charge in [-0.25, -0.2) is 19.3 Å². The van der Waals surface area contributed by atoms with Gasteiger partial charge in [0, 0.05) is 11.8 Å². The number of ether oxygens (including phenoxy) is 1. The Balaban J connectivity index is 0.00000243. The summed E-state index contributed by atoms with van der Waals surface area (Å²) in [5.41, 5.74) is 3.68. The Morgan fingerprint density at radius 1 is 1.19 bits per heavy atom. The summed E-state index contributed by atoms with van der Waals surface area (Å²) in [5, 5.41) is 10.4. The summed E-state index contributed by atoms with van der Waals surface area (Å²) in [5.74, 6) is -0.354. The van der Waals surface area contributed by atoms with E-state index in [4.69, 9.17) is 9.84 Å². The number of carbonyl (C=O) groups is 2. The molecule has 2 heterocycles. The molecule has 2 aromatic heterocycles. The molecule has 1 N–H and O–H groups in total. The number of thiazole rings is 1. The van der Waals surface area contributed by atoms with E-state index in [1.54, 1.807) is 5.51 Å². The van der Waals surface area contributed by atoms with Gasteiger partial charge in [0.1, 0.15) is 5.69 Å². The summed E-state index contributed by atoms with van der Waals surface area (Å²) in [6, 6.07) is 7.34. The molecule has 7 nitrogen and oxygen atoms in total. The van der Waals surface area contributed by atoms with E-state index in [1.807, 2.05) is 29.6 Å². The summed E-state index contributed by atoms with van der Waals surface area (Å²) in [7, 11) is 0. The third kappa shape index (κ3) is 4.91. The fourth-order valence-electron chi connectivity index (χ4n) is 2.48. The van der Waals surface area contributed by atoms with Gasteiger partial charge in [-0.15, -0.1) is 11.3 Å². The number of fused-ring (bicyclic) bond motifs is 1. The molecule has 3 rings (SSSR count). The zero-order valence-corrected chi connectivity index (χ0v) is 14.2. The normalized spacial score (nSPS) is 10.5. The van der Waals surface area contributed by atoms with E-state index in [9.17, 15) is 9.59 Å². The van der Waals surface area contributed by atoms with E-state index in [0.717, 1.165) is 0 Å². The van der Waals surface area contributed by atoms with Crippen molar-refractivity contribution in [3.8, 4) is 11.5 Å². The van der Waals surface area contributed by atoms with Crippen LogP contribution in [0.4, 0.5) is 4.79 Å². The molecule has 9 heteroatoms. The number of carboxylic acid groups (broad SMARTS) is 1. The third-order valence-electron chi connectivity index (χ3n) is 3.67. The molecule has 0 fully saturated rings. The van der Waals surface area contributed by atoms with Crippen LogP contribution in [0, 0.1) is 0 Å². The van der Waals surface area contributed by atoms with Crippen LogP contribution in [0.1, 0.15) is 25.7 Å². The predicted molar refractivity (Wildman–Crippen MR) is 101 cm³/mol. The van der Waals surface area contributed by atoms with Gasteiger partial charge in [-0.1, -0.05) is 12.1 Å². The Morgan fingerprint density at radius 2 is 2.00 bits per heavy atom. The number of hydrogen-bond acceptors (Lipinski definition) is 6. The Morgan fingerprint density at radius 3 is 2.73 bits per heavy atom. The number of aromatic nitrogens is 3. The zero-order valence-electron chi connectivity index (χ0n) is 13.4. The van der Waals surface area contributed by atoms with Crippen LogP contribution in [0.3, 0.4) is 0 Å². The molecule has 0 aliphatic heterocycles. The Kier molecular flexibility index (Phi) is 7.77. The standard InChI is InChI=1S/C17H17N3O4S.Na.H/c21-15(22)8-2-1-5-9-24-17(23)20-14-7-4-3-6-12(14)19-16(20)13-10-25-11-18-13;;/h3-4,6-7,10-11H,1-2,5,8-9H2,(H,21,22);;. The Labute approximate surface area is 176 Å². The zero-order chi connectivity index (χ0) is 17.6. The molecule has 132 valence electrons. The van der Waals surface area contributed by atoms with Crippen LogP contribution in [-0.2, 0) is 9.53 Å². The molecular formula is C17H18N3NaO4S. The molecule has 0 atom stereocenters. The van der Waals surface area contributed by atoms with Gasteiger partial charge in [-0.05, 0) is 31.4 Å². The first-order valence-corrected chi connectivity index (χ1v) is 8.86.